The molecule has 4 heteroatoms. The second kappa shape index (κ2) is 5.85. The van der Waals surface area contributed by atoms with Gasteiger partial charge in [0, 0.05) is 6.54 Å². The SMILES string of the molecule is CC[C@H](Br)C(=O)NCc1ccc(F)cc1. The van der Waals surface area contributed by atoms with E-state index in [1.165, 1.54) is 12.1 Å². The lowest BCUT2D eigenvalue weighted by molar-refractivity contribution is -0.120. The summed E-state index contributed by atoms with van der Waals surface area (Å²) in [6, 6.07) is 6.08. The Hall–Kier alpha value is -0.900. The zero-order valence-electron chi connectivity index (χ0n) is 8.47. The van der Waals surface area contributed by atoms with Gasteiger partial charge in [0.25, 0.3) is 0 Å². The fourth-order valence-corrected chi connectivity index (χ4v) is 1.25. The number of benzene rings is 1. The molecule has 1 rings (SSSR count). The van der Waals surface area contributed by atoms with Gasteiger partial charge in [0.05, 0.1) is 4.83 Å². The molecule has 0 saturated carbocycles. The lowest BCUT2D eigenvalue weighted by Gasteiger charge is -2.08. The Labute approximate surface area is 97.0 Å². The topological polar surface area (TPSA) is 29.1 Å². The molecule has 82 valence electrons. The third kappa shape index (κ3) is 4.00. The van der Waals surface area contributed by atoms with Gasteiger partial charge in [0.15, 0.2) is 0 Å². The van der Waals surface area contributed by atoms with Crippen molar-refractivity contribution < 1.29 is 9.18 Å². The maximum absolute atomic E-state index is 12.6. The van der Waals surface area contributed by atoms with Gasteiger partial charge >= 0.3 is 0 Å². The summed E-state index contributed by atoms with van der Waals surface area (Å²) in [5.74, 6) is -0.307. The van der Waals surface area contributed by atoms with Crippen molar-refractivity contribution in [3.63, 3.8) is 0 Å². The van der Waals surface area contributed by atoms with Crippen LogP contribution >= 0.6 is 15.9 Å². The minimum Gasteiger partial charge on any atom is -0.351 e. The van der Waals surface area contributed by atoms with Crippen molar-refractivity contribution in [2.45, 2.75) is 24.7 Å². The van der Waals surface area contributed by atoms with Crippen molar-refractivity contribution in [3.05, 3.63) is 35.6 Å². The first-order valence-corrected chi connectivity index (χ1v) is 5.71. The van der Waals surface area contributed by atoms with Crippen LogP contribution in [0.2, 0.25) is 0 Å². The smallest absolute Gasteiger partial charge is 0.234 e. The molecule has 0 fully saturated rings. The first-order chi connectivity index (χ1) is 7.13. The van der Waals surface area contributed by atoms with Crippen LogP contribution in [0.15, 0.2) is 24.3 Å². The third-order valence-corrected chi connectivity index (χ3v) is 3.09. The predicted octanol–water partition coefficient (Wildman–Crippen LogP) is 2.62. The van der Waals surface area contributed by atoms with E-state index in [4.69, 9.17) is 0 Å². The van der Waals surface area contributed by atoms with E-state index in [1.807, 2.05) is 6.92 Å². The van der Waals surface area contributed by atoms with Gasteiger partial charge in [-0.15, -0.1) is 0 Å². The number of carbonyl (C=O) groups is 1. The molecule has 0 heterocycles. The van der Waals surface area contributed by atoms with Crippen LogP contribution < -0.4 is 5.32 Å². The van der Waals surface area contributed by atoms with Gasteiger partial charge in [0.1, 0.15) is 5.82 Å². The Kier molecular flexibility index (Phi) is 4.75. The fourth-order valence-electron chi connectivity index (χ4n) is 1.09. The van der Waals surface area contributed by atoms with E-state index in [2.05, 4.69) is 21.2 Å². The Bertz CT molecular complexity index is 326. The van der Waals surface area contributed by atoms with Crippen LogP contribution in [0.4, 0.5) is 4.39 Å². The lowest BCUT2D eigenvalue weighted by Crippen LogP contribution is -2.30. The third-order valence-electron chi connectivity index (χ3n) is 2.02. The number of carbonyl (C=O) groups excluding carboxylic acids is 1. The van der Waals surface area contributed by atoms with Gasteiger partial charge in [-0.2, -0.15) is 0 Å². The molecule has 1 aromatic rings. The van der Waals surface area contributed by atoms with E-state index in [9.17, 15) is 9.18 Å². The standard InChI is InChI=1S/C11H13BrFNO/c1-2-10(12)11(15)14-7-8-3-5-9(13)6-4-8/h3-6,10H,2,7H2,1H3,(H,14,15)/t10-/m0/s1. The summed E-state index contributed by atoms with van der Waals surface area (Å²) in [5, 5.41) is 2.76. The van der Waals surface area contributed by atoms with E-state index in [0.717, 1.165) is 12.0 Å². The molecule has 0 radical (unpaired) electrons. The van der Waals surface area contributed by atoms with Crippen molar-refractivity contribution in [2.75, 3.05) is 0 Å². The van der Waals surface area contributed by atoms with Crippen LogP contribution in [0.3, 0.4) is 0 Å². The molecule has 0 bridgehead atoms. The van der Waals surface area contributed by atoms with E-state index in [1.54, 1.807) is 12.1 Å². The van der Waals surface area contributed by atoms with Crippen molar-refractivity contribution in [1.82, 2.24) is 5.32 Å². The number of nitrogens with one attached hydrogen (secondary N) is 1. The van der Waals surface area contributed by atoms with E-state index in [-0.39, 0.29) is 16.6 Å². The summed E-state index contributed by atoms with van der Waals surface area (Å²) in [7, 11) is 0. The van der Waals surface area contributed by atoms with Gasteiger partial charge in [0.2, 0.25) is 5.91 Å². The fraction of sp³-hybridized carbons (Fsp3) is 0.364. The van der Waals surface area contributed by atoms with Crippen LogP contribution in [0.25, 0.3) is 0 Å². The minimum absolute atomic E-state index is 0.0400. The molecule has 1 atom stereocenters. The van der Waals surface area contributed by atoms with E-state index < -0.39 is 0 Å². The van der Waals surface area contributed by atoms with Crippen LogP contribution in [0.1, 0.15) is 18.9 Å². The average Bonchev–Trinajstić information content (AvgIpc) is 2.26. The molecule has 0 aliphatic carbocycles. The normalized spacial score (nSPS) is 12.2. The number of rotatable bonds is 4. The van der Waals surface area contributed by atoms with Crippen LogP contribution in [0.5, 0.6) is 0 Å². The van der Waals surface area contributed by atoms with Crippen LogP contribution in [0, 0.1) is 5.82 Å². The molecule has 1 aromatic carbocycles. The van der Waals surface area contributed by atoms with Gasteiger partial charge in [-0.05, 0) is 24.1 Å². The molecule has 0 unspecified atom stereocenters. The molecule has 15 heavy (non-hydrogen) atoms. The van der Waals surface area contributed by atoms with Crippen LogP contribution in [-0.4, -0.2) is 10.7 Å². The van der Waals surface area contributed by atoms with Gasteiger partial charge in [-0.25, -0.2) is 4.39 Å². The summed E-state index contributed by atoms with van der Waals surface area (Å²) >= 11 is 3.26. The predicted molar refractivity (Wildman–Crippen MR) is 61.3 cm³/mol. The highest BCUT2D eigenvalue weighted by molar-refractivity contribution is 9.10. The maximum atomic E-state index is 12.6. The summed E-state index contributed by atoms with van der Waals surface area (Å²) in [5.41, 5.74) is 0.889. The second-order valence-corrected chi connectivity index (χ2v) is 4.33. The number of hydrogen-bond acceptors (Lipinski definition) is 1. The van der Waals surface area contributed by atoms with Crippen molar-refractivity contribution >= 4 is 21.8 Å². The summed E-state index contributed by atoms with van der Waals surface area (Å²) < 4.78 is 12.6. The highest BCUT2D eigenvalue weighted by Crippen LogP contribution is 2.06. The first kappa shape index (κ1) is 12.2. The van der Waals surface area contributed by atoms with Crippen molar-refractivity contribution in [1.29, 1.82) is 0 Å². The summed E-state index contributed by atoms with van der Waals surface area (Å²) in [4.78, 5) is 11.2. The van der Waals surface area contributed by atoms with Gasteiger partial charge in [-0.3, -0.25) is 4.79 Å². The van der Waals surface area contributed by atoms with E-state index in [0.29, 0.717) is 6.54 Å². The molecular weight excluding hydrogens is 261 g/mol. The first-order valence-electron chi connectivity index (χ1n) is 4.79. The maximum Gasteiger partial charge on any atom is 0.234 e. The number of amides is 1. The van der Waals surface area contributed by atoms with E-state index >= 15 is 0 Å². The van der Waals surface area contributed by atoms with Crippen molar-refractivity contribution in [3.8, 4) is 0 Å². The summed E-state index contributed by atoms with van der Waals surface area (Å²) in [6.07, 6.45) is 0.745. The molecule has 0 aliphatic heterocycles. The molecule has 1 amide bonds. The molecule has 0 aromatic heterocycles. The zero-order chi connectivity index (χ0) is 11.3. The largest absolute Gasteiger partial charge is 0.351 e. The molecule has 0 spiro atoms. The average molecular weight is 274 g/mol. The Morgan fingerprint density at radius 2 is 2.07 bits per heavy atom. The number of alkyl halides is 1. The Balaban J connectivity index is 2.43. The van der Waals surface area contributed by atoms with Gasteiger partial charge in [-0.1, -0.05) is 35.0 Å². The van der Waals surface area contributed by atoms with Crippen LogP contribution in [-0.2, 0) is 11.3 Å². The molecule has 0 saturated heterocycles. The molecule has 2 nitrogen and oxygen atoms in total. The van der Waals surface area contributed by atoms with Gasteiger partial charge < -0.3 is 5.32 Å². The summed E-state index contributed by atoms with van der Waals surface area (Å²) in [6.45, 7) is 2.36. The monoisotopic (exact) mass is 273 g/mol. The highest BCUT2D eigenvalue weighted by atomic mass is 79.9. The molecule has 0 aliphatic rings. The zero-order valence-corrected chi connectivity index (χ0v) is 10.1. The number of hydrogen-bond donors (Lipinski definition) is 1. The van der Waals surface area contributed by atoms with Crippen molar-refractivity contribution in [2.24, 2.45) is 0 Å². The molecular formula is C11H13BrFNO. The second-order valence-electron chi connectivity index (χ2n) is 3.22. The lowest BCUT2D eigenvalue weighted by atomic mass is 10.2. The Morgan fingerprint density at radius 1 is 1.47 bits per heavy atom. The minimum atomic E-state index is -0.267. The number of halogens is 2. The quantitative estimate of drug-likeness (QED) is 0.840. The molecule has 1 N–H and O–H groups in total. The highest BCUT2D eigenvalue weighted by Gasteiger charge is 2.10. The Morgan fingerprint density at radius 3 is 2.60 bits per heavy atom.